The van der Waals surface area contributed by atoms with Gasteiger partial charge in [0.2, 0.25) is 5.91 Å². The van der Waals surface area contributed by atoms with Crippen molar-refractivity contribution >= 4 is 23.6 Å². The van der Waals surface area contributed by atoms with E-state index in [1.54, 1.807) is 31.0 Å². The minimum Gasteiger partial charge on any atom is -0.497 e. The van der Waals surface area contributed by atoms with Crippen molar-refractivity contribution in [2.24, 2.45) is 0 Å². The molecule has 0 bridgehead atoms. The largest absolute Gasteiger partial charge is 0.497 e. The fraction of sp³-hybridized carbons (Fsp3) is 0.333. The van der Waals surface area contributed by atoms with Gasteiger partial charge in [-0.2, -0.15) is 11.8 Å². The molecule has 2 aromatic rings. The van der Waals surface area contributed by atoms with Gasteiger partial charge in [-0.15, -0.1) is 0 Å². The molecule has 2 N–H and O–H groups in total. The lowest BCUT2D eigenvalue weighted by Gasteiger charge is -2.18. The highest BCUT2D eigenvalue weighted by Gasteiger charge is 2.20. The molecule has 7 heteroatoms. The van der Waals surface area contributed by atoms with Crippen LogP contribution in [0.25, 0.3) is 0 Å². The predicted octanol–water partition coefficient (Wildman–Crippen LogP) is 2.63. The van der Waals surface area contributed by atoms with Gasteiger partial charge in [0.05, 0.1) is 7.11 Å². The third-order valence-corrected chi connectivity index (χ3v) is 4.62. The molecule has 6 nitrogen and oxygen atoms in total. The molecular formula is C21H26N2O4S. The standard InChI is InChI=1S/C21H26N2O4S/c1-26-18-10-6-7-16(13-18)14-22-21(25)19(11-12-28-2)23-20(24)15-27-17-8-4-3-5-9-17/h3-10,13,19H,11-12,14-15H2,1-2H3,(H,22,25)(H,23,24). The molecule has 1 atom stereocenters. The number of carbonyl (C=O) groups excluding carboxylic acids is 2. The Morgan fingerprint density at radius 2 is 1.82 bits per heavy atom. The molecule has 2 aromatic carbocycles. The summed E-state index contributed by atoms with van der Waals surface area (Å²) in [5.41, 5.74) is 0.926. The van der Waals surface area contributed by atoms with Crippen molar-refractivity contribution in [2.75, 3.05) is 25.7 Å². The molecule has 0 saturated heterocycles. The third kappa shape index (κ3) is 7.52. The van der Waals surface area contributed by atoms with E-state index in [1.165, 1.54) is 0 Å². The van der Waals surface area contributed by atoms with E-state index in [0.717, 1.165) is 17.1 Å². The van der Waals surface area contributed by atoms with Crippen molar-refractivity contribution < 1.29 is 19.1 Å². The first-order valence-corrected chi connectivity index (χ1v) is 10.4. The summed E-state index contributed by atoms with van der Waals surface area (Å²) in [5.74, 6) is 1.56. The topological polar surface area (TPSA) is 76.7 Å². The molecule has 0 heterocycles. The highest BCUT2D eigenvalue weighted by atomic mass is 32.2. The first kappa shape index (κ1) is 21.6. The second-order valence-electron chi connectivity index (χ2n) is 6.07. The number of methoxy groups -OCH3 is 1. The van der Waals surface area contributed by atoms with Gasteiger partial charge in [-0.3, -0.25) is 9.59 Å². The van der Waals surface area contributed by atoms with E-state index >= 15 is 0 Å². The summed E-state index contributed by atoms with van der Waals surface area (Å²) in [7, 11) is 1.60. The molecule has 0 aliphatic rings. The van der Waals surface area contributed by atoms with Crippen molar-refractivity contribution in [1.29, 1.82) is 0 Å². The van der Waals surface area contributed by atoms with E-state index in [0.29, 0.717) is 18.7 Å². The lowest BCUT2D eigenvalue weighted by atomic mass is 10.1. The Hall–Kier alpha value is -2.67. The van der Waals surface area contributed by atoms with Crippen LogP contribution in [0.2, 0.25) is 0 Å². The van der Waals surface area contributed by atoms with Gasteiger partial charge in [0, 0.05) is 6.54 Å². The molecule has 0 radical (unpaired) electrons. The van der Waals surface area contributed by atoms with E-state index in [9.17, 15) is 9.59 Å². The third-order valence-electron chi connectivity index (χ3n) is 3.98. The second-order valence-corrected chi connectivity index (χ2v) is 7.06. The lowest BCUT2D eigenvalue weighted by molar-refractivity contribution is -0.130. The van der Waals surface area contributed by atoms with Crippen LogP contribution < -0.4 is 20.1 Å². The molecule has 28 heavy (non-hydrogen) atoms. The van der Waals surface area contributed by atoms with Crippen LogP contribution in [0.1, 0.15) is 12.0 Å². The van der Waals surface area contributed by atoms with Gasteiger partial charge in [-0.05, 0) is 48.3 Å². The van der Waals surface area contributed by atoms with Crippen molar-refractivity contribution in [3.05, 3.63) is 60.2 Å². The van der Waals surface area contributed by atoms with Gasteiger partial charge in [-0.1, -0.05) is 30.3 Å². The number of para-hydroxylation sites is 1. The van der Waals surface area contributed by atoms with Crippen LogP contribution in [0.15, 0.2) is 54.6 Å². The van der Waals surface area contributed by atoms with E-state index in [4.69, 9.17) is 9.47 Å². The number of rotatable bonds is 11. The van der Waals surface area contributed by atoms with Crippen LogP contribution in [0.5, 0.6) is 11.5 Å². The number of amides is 2. The quantitative estimate of drug-likeness (QED) is 0.604. The minimum atomic E-state index is -0.607. The molecule has 0 aliphatic carbocycles. The van der Waals surface area contributed by atoms with E-state index in [2.05, 4.69) is 10.6 Å². The number of hydrogen-bond donors (Lipinski definition) is 2. The van der Waals surface area contributed by atoms with Crippen molar-refractivity contribution in [2.45, 2.75) is 19.0 Å². The van der Waals surface area contributed by atoms with Gasteiger partial charge in [0.1, 0.15) is 17.5 Å². The van der Waals surface area contributed by atoms with Crippen LogP contribution in [0, 0.1) is 0 Å². The summed E-state index contributed by atoms with van der Waals surface area (Å²) < 4.78 is 10.6. The van der Waals surface area contributed by atoms with Crippen LogP contribution >= 0.6 is 11.8 Å². The SMILES string of the molecule is COc1cccc(CNC(=O)C(CCSC)NC(=O)COc2ccccc2)c1. The van der Waals surface area contributed by atoms with Crippen molar-refractivity contribution in [1.82, 2.24) is 10.6 Å². The molecule has 0 saturated carbocycles. The molecule has 0 aliphatic heterocycles. The molecule has 2 amide bonds. The number of thioether (sulfide) groups is 1. The van der Waals surface area contributed by atoms with Gasteiger partial charge in [-0.25, -0.2) is 0 Å². The van der Waals surface area contributed by atoms with Crippen LogP contribution in [-0.4, -0.2) is 43.6 Å². The van der Waals surface area contributed by atoms with Crippen LogP contribution in [0.3, 0.4) is 0 Å². The Bertz CT molecular complexity index is 755. The van der Waals surface area contributed by atoms with Crippen molar-refractivity contribution in [3.8, 4) is 11.5 Å². The Morgan fingerprint density at radius 1 is 1.07 bits per heavy atom. The van der Waals surface area contributed by atoms with Crippen LogP contribution in [0.4, 0.5) is 0 Å². The van der Waals surface area contributed by atoms with Gasteiger partial charge < -0.3 is 20.1 Å². The Morgan fingerprint density at radius 3 is 2.54 bits per heavy atom. The summed E-state index contributed by atoms with van der Waals surface area (Å²) >= 11 is 1.62. The number of carbonyl (C=O) groups is 2. The normalized spacial score (nSPS) is 11.4. The number of hydrogen-bond acceptors (Lipinski definition) is 5. The van der Waals surface area contributed by atoms with Crippen LogP contribution in [-0.2, 0) is 16.1 Å². The zero-order valence-corrected chi connectivity index (χ0v) is 17.0. The summed E-state index contributed by atoms with van der Waals surface area (Å²) in [6.45, 7) is 0.227. The second kappa shape index (κ2) is 11.9. The molecule has 0 fully saturated rings. The Labute approximate surface area is 170 Å². The zero-order valence-electron chi connectivity index (χ0n) is 16.1. The summed E-state index contributed by atoms with van der Waals surface area (Å²) in [4.78, 5) is 24.8. The minimum absolute atomic E-state index is 0.136. The summed E-state index contributed by atoms with van der Waals surface area (Å²) in [6.07, 6.45) is 2.51. The Kier molecular flexibility index (Phi) is 9.21. The number of nitrogens with one attached hydrogen (secondary N) is 2. The molecule has 0 aromatic heterocycles. The van der Waals surface area contributed by atoms with Gasteiger partial charge >= 0.3 is 0 Å². The van der Waals surface area contributed by atoms with E-state index in [-0.39, 0.29) is 18.4 Å². The number of ether oxygens (including phenoxy) is 2. The van der Waals surface area contributed by atoms with E-state index < -0.39 is 6.04 Å². The average molecular weight is 403 g/mol. The molecule has 1 unspecified atom stereocenters. The fourth-order valence-electron chi connectivity index (χ4n) is 2.50. The van der Waals surface area contributed by atoms with Crippen molar-refractivity contribution in [3.63, 3.8) is 0 Å². The molecule has 2 rings (SSSR count). The summed E-state index contributed by atoms with van der Waals surface area (Å²) in [5, 5.41) is 5.65. The summed E-state index contributed by atoms with van der Waals surface area (Å²) in [6, 6.07) is 16.0. The van der Waals surface area contributed by atoms with Gasteiger partial charge in [0.15, 0.2) is 6.61 Å². The van der Waals surface area contributed by atoms with Gasteiger partial charge in [0.25, 0.3) is 5.91 Å². The molecule has 150 valence electrons. The number of benzene rings is 2. The maximum Gasteiger partial charge on any atom is 0.258 e. The first-order chi connectivity index (χ1) is 13.6. The maximum absolute atomic E-state index is 12.6. The Balaban J connectivity index is 1.87. The first-order valence-electron chi connectivity index (χ1n) is 8.99. The van der Waals surface area contributed by atoms with E-state index in [1.807, 2.05) is 48.7 Å². The predicted molar refractivity (Wildman–Crippen MR) is 112 cm³/mol. The maximum atomic E-state index is 12.6. The lowest BCUT2D eigenvalue weighted by Crippen LogP contribution is -2.48. The highest BCUT2D eigenvalue weighted by molar-refractivity contribution is 7.98. The zero-order chi connectivity index (χ0) is 20.2. The molecular weight excluding hydrogens is 376 g/mol. The average Bonchev–Trinajstić information content (AvgIpc) is 2.74. The fourth-order valence-corrected chi connectivity index (χ4v) is 2.97. The monoisotopic (exact) mass is 402 g/mol. The highest BCUT2D eigenvalue weighted by Crippen LogP contribution is 2.12. The smallest absolute Gasteiger partial charge is 0.258 e. The molecule has 0 spiro atoms.